The Morgan fingerprint density at radius 1 is 1.36 bits per heavy atom. The number of nitrogens with two attached hydrogens (primary N) is 1. The fraction of sp³-hybridized carbons (Fsp3) is 0.800. The van der Waals surface area contributed by atoms with Crippen molar-refractivity contribution in [2.75, 3.05) is 0 Å². The van der Waals surface area contributed by atoms with E-state index in [1.807, 2.05) is 6.92 Å². The van der Waals surface area contributed by atoms with E-state index in [4.69, 9.17) is 5.73 Å². The van der Waals surface area contributed by atoms with Gasteiger partial charge in [-0.25, -0.2) is 0 Å². The Labute approximate surface area is 70.7 Å². The Hall–Kier alpha value is -0.300. The summed E-state index contributed by atoms with van der Waals surface area (Å²) in [4.78, 5) is 0. The molecule has 2 N–H and O–H groups in total. The average Bonchev–Trinajstić information content (AvgIpc) is 1.78. The highest BCUT2D eigenvalue weighted by atomic mass is 14.6. The van der Waals surface area contributed by atoms with Crippen molar-refractivity contribution in [1.82, 2.24) is 0 Å². The van der Waals surface area contributed by atoms with E-state index in [0.29, 0.717) is 5.41 Å². The molecule has 66 valence electrons. The molecule has 11 heavy (non-hydrogen) atoms. The molecule has 0 saturated carbocycles. The van der Waals surface area contributed by atoms with E-state index in [1.54, 1.807) is 0 Å². The largest absolute Gasteiger partial charge is 0.325 e. The van der Waals surface area contributed by atoms with Crippen molar-refractivity contribution in [2.24, 2.45) is 11.1 Å². The lowest BCUT2D eigenvalue weighted by Gasteiger charge is -2.16. The molecule has 0 bridgehead atoms. The Morgan fingerprint density at radius 2 is 1.91 bits per heavy atom. The first-order valence-corrected chi connectivity index (χ1v) is 4.34. The van der Waals surface area contributed by atoms with E-state index < -0.39 is 0 Å². The number of hydrogen-bond acceptors (Lipinski definition) is 1. The highest BCUT2D eigenvalue weighted by molar-refractivity contribution is 4.89. The minimum absolute atomic E-state index is 0.204. The summed E-state index contributed by atoms with van der Waals surface area (Å²) in [5.41, 5.74) is 6.00. The van der Waals surface area contributed by atoms with Crippen LogP contribution in [0.2, 0.25) is 0 Å². The molecule has 0 spiro atoms. The summed E-state index contributed by atoms with van der Waals surface area (Å²) in [6, 6.07) is 0.204. The lowest BCUT2D eigenvalue weighted by Crippen LogP contribution is -2.10. The molecule has 0 aromatic heterocycles. The molecule has 0 amide bonds. The van der Waals surface area contributed by atoms with E-state index in [0.717, 1.165) is 6.42 Å². The molecular formula is C10H21N. The van der Waals surface area contributed by atoms with Crippen LogP contribution in [-0.4, -0.2) is 6.04 Å². The molecule has 0 aliphatic carbocycles. The smallest absolute Gasteiger partial charge is 0.0194 e. The maximum Gasteiger partial charge on any atom is 0.0194 e. The summed E-state index contributed by atoms with van der Waals surface area (Å²) in [6.07, 6.45) is 6.61. The van der Waals surface area contributed by atoms with E-state index in [9.17, 15) is 0 Å². The normalized spacial score (nSPS) is 15.7. The predicted molar refractivity (Wildman–Crippen MR) is 51.5 cm³/mol. The molecular weight excluding hydrogens is 134 g/mol. The molecule has 1 heteroatoms. The molecule has 0 heterocycles. The van der Waals surface area contributed by atoms with Crippen molar-refractivity contribution in [3.8, 4) is 0 Å². The van der Waals surface area contributed by atoms with Crippen LogP contribution in [0.1, 0.15) is 40.5 Å². The van der Waals surface area contributed by atoms with Crippen LogP contribution in [0, 0.1) is 5.41 Å². The summed E-state index contributed by atoms with van der Waals surface area (Å²) in [7, 11) is 0. The van der Waals surface area contributed by atoms with Crippen LogP contribution in [0.25, 0.3) is 0 Å². The third kappa shape index (κ3) is 9.70. The first-order chi connectivity index (χ1) is 4.92. The van der Waals surface area contributed by atoms with Gasteiger partial charge >= 0.3 is 0 Å². The molecule has 0 aliphatic rings. The van der Waals surface area contributed by atoms with Gasteiger partial charge in [-0.2, -0.15) is 0 Å². The van der Waals surface area contributed by atoms with Crippen molar-refractivity contribution in [2.45, 2.75) is 46.6 Å². The topological polar surface area (TPSA) is 26.0 Å². The first-order valence-electron chi connectivity index (χ1n) is 4.34. The molecule has 0 aromatic carbocycles. The van der Waals surface area contributed by atoms with Gasteiger partial charge in [0.15, 0.2) is 0 Å². The fourth-order valence-corrected chi connectivity index (χ4v) is 0.827. The van der Waals surface area contributed by atoms with Crippen LogP contribution in [0.3, 0.4) is 0 Å². The van der Waals surface area contributed by atoms with Crippen molar-refractivity contribution in [3.63, 3.8) is 0 Å². The lowest BCUT2D eigenvalue weighted by molar-refractivity contribution is 0.381. The van der Waals surface area contributed by atoms with Crippen LogP contribution >= 0.6 is 0 Å². The van der Waals surface area contributed by atoms with Crippen LogP contribution in [0.15, 0.2) is 12.2 Å². The summed E-state index contributed by atoms with van der Waals surface area (Å²) in [6.45, 7) is 8.76. The summed E-state index contributed by atoms with van der Waals surface area (Å²) < 4.78 is 0. The predicted octanol–water partition coefficient (Wildman–Crippen LogP) is 2.72. The number of allylic oxidation sites excluding steroid dienone is 1. The third-order valence-electron chi connectivity index (χ3n) is 1.50. The third-order valence-corrected chi connectivity index (χ3v) is 1.50. The average molecular weight is 155 g/mol. The quantitative estimate of drug-likeness (QED) is 0.623. The molecule has 1 nitrogen and oxygen atoms in total. The van der Waals surface area contributed by atoms with E-state index in [1.165, 1.54) is 6.42 Å². The zero-order valence-corrected chi connectivity index (χ0v) is 8.22. The zero-order chi connectivity index (χ0) is 8.91. The Bertz CT molecular complexity index is 117. The minimum Gasteiger partial charge on any atom is -0.325 e. The molecule has 0 saturated heterocycles. The Kier molecular flexibility index (Phi) is 4.43. The highest BCUT2D eigenvalue weighted by Gasteiger charge is 2.07. The van der Waals surface area contributed by atoms with Gasteiger partial charge in [0.1, 0.15) is 0 Å². The van der Waals surface area contributed by atoms with E-state index in [2.05, 4.69) is 32.9 Å². The van der Waals surface area contributed by atoms with Gasteiger partial charge in [-0.15, -0.1) is 0 Å². The van der Waals surface area contributed by atoms with Crippen LogP contribution in [0.4, 0.5) is 0 Å². The molecule has 0 radical (unpaired) electrons. The monoisotopic (exact) mass is 155 g/mol. The SMILES string of the molecule is CC(N)/C=C/CCC(C)(C)C. The zero-order valence-electron chi connectivity index (χ0n) is 8.22. The fourth-order valence-electron chi connectivity index (χ4n) is 0.827. The lowest BCUT2D eigenvalue weighted by atomic mass is 9.90. The summed E-state index contributed by atoms with van der Waals surface area (Å²) in [5.74, 6) is 0. The number of rotatable bonds is 3. The van der Waals surface area contributed by atoms with Crippen molar-refractivity contribution in [3.05, 3.63) is 12.2 Å². The van der Waals surface area contributed by atoms with Crippen LogP contribution in [-0.2, 0) is 0 Å². The van der Waals surface area contributed by atoms with E-state index in [-0.39, 0.29) is 6.04 Å². The van der Waals surface area contributed by atoms with Gasteiger partial charge < -0.3 is 5.73 Å². The second-order valence-corrected chi connectivity index (χ2v) is 4.39. The molecule has 1 atom stereocenters. The first kappa shape index (κ1) is 10.7. The molecule has 0 rings (SSSR count). The number of hydrogen-bond donors (Lipinski definition) is 1. The van der Waals surface area contributed by atoms with Crippen LogP contribution < -0.4 is 5.73 Å². The molecule has 0 aromatic rings. The van der Waals surface area contributed by atoms with Gasteiger partial charge in [0.05, 0.1) is 0 Å². The standard InChI is InChI=1S/C10H21N/c1-9(11)7-5-6-8-10(2,3)4/h5,7,9H,6,8,11H2,1-4H3/b7-5+. The highest BCUT2D eigenvalue weighted by Crippen LogP contribution is 2.20. The van der Waals surface area contributed by atoms with Gasteiger partial charge in [-0.3, -0.25) is 0 Å². The van der Waals surface area contributed by atoms with Gasteiger partial charge in [0, 0.05) is 6.04 Å². The molecule has 1 unspecified atom stereocenters. The maximum absolute atomic E-state index is 5.56. The van der Waals surface area contributed by atoms with E-state index >= 15 is 0 Å². The molecule has 0 fully saturated rings. The minimum atomic E-state index is 0.204. The van der Waals surface area contributed by atoms with Crippen molar-refractivity contribution >= 4 is 0 Å². The van der Waals surface area contributed by atoms with Gasteiger partial charge in [0.2, 0.25) is 0 Å². The second-order valence-electron chi connectivity index (χ2n) is 4.39. The van der Waals surface area contributed by atoms with Gasteiger partial charge in [-0.1, -0.05) is 32.9 Å². The second kappa shape index (κ2) is 4.55. The molecule has 0 aliphatic heterocycles. The maximum atomic E-state index is 5.56. The van der Waals surface area contributed by atoms with Crippen LogP contribution in [0.5, 0.6) is 0 Å². The van der Waals surface area contributed by atoms with Crippen molar-refractivity contribution < 1.29 is 0 Å². The Morgan fingerprint density at radius 3 is 2.27 bits per heavy atom. The summed E-state index contributed by atoms with van der Waals surface area (Å²) >= 11 is 0. The Balaban J connectivity index is 3.42. The summed E-state index contributed by atoms with van der Waals surface area (Å²) in [5, 5.41) is 0. The van der Waals surface area contributed by atoms with Gasteiger partial charge in [0.25, 0.3) is 0 Å². The van der Waals surface area contributed by atoms with Gasteiger partial charge in [-0.05, 0) is 25.2 Å². The van der Waals surface area contributed by atoms with Crippen molar-refractivity contribution in [1.29, 1.82) is 0 Å².